The van der Waals surface area contributed by atoms with Crippen molar-refractivity contribution in [3.8, 4) is 0 Å². The van der Waals surface area contributed by atoms with Crippen LogP contribution in [0.2, 0.25) is 0 Å². The molecule has 1 N–H and O–H groups in total. The Hall–Kier alpha value is -1.72. The number of ketones is 1. The van der Waals surface area contributed by atoms with Crippen LogP contribution in [0.25, 0.3) is 0 Å². The number of Topliss-reactive ketones (excluding diaryl/α,β-unsaturated/α-hetero) is 1. The lowest BCUT2D eigenvalue weighted by Gasteiger charge is -2.43. The third kappa shape index (κ3) is 3.10. The molecule has 1 aromatic carbocycles. The van der Waals surface area contributed by atoms with Gasteiger partial charge in [-0.05, 0) is 45.0 Å². The summed E-state index contributed by atoms with van der Waals surface area (Å²) in [7, 11) is 3.99. The standard InChI is InChI=1S/C19H26N2O3/c1-20(2)11-19(13-22)9-4-10-21(12-19)18(24)16-6-3-5-15-14(16)7-8-17(15)23/h3,5-6,22H,4,7-13H2,1-2H3/t19-/m1/s1. The second kappa shape index (κ2) is 6.65. The zero-order valence-corrected chi connectivity index (χ0v) is 14.5. The molecular formula is C19H26N2O3. The topological polar surface area (TPSA) is 60.9 Å². The van der Waals surface area contributed by atoms with E-state index in [1.54, 1.807) is 6.07 Å². The predicted molar refractivity (Wildman–Crippen MR) is 92.3 cm³/mol. The summed E-state index contributed by atoms with van der Waals surface area (Å²) in [4.78, 5) is 28.9. The average Bonchev–Trinajstić information content (AvgIpc) is 2.95. The molecule has 1 atom stereocenters. The molecule has 0 saturated carbocycles. The van der Waals surface area contributed by atoms with Crippen LogP contribution in [-0.2, 0) is 6.42 Å². The second-order valence-corrected chi connectivity index (χ2v) is 7.48. The Morgan fingerprint density at radius 2 is 2.12 bits per heavy atom. The third-order valence-electron chi connectivity index (χ3n) is 5.24. The molecule has 5 heteroatoms. The van der Waals surface area contributed by atoms with Gasteiger partial charge in [0.25, 0.3) is 5.91 Å². The van der Waals surface area contributed by atoms with Gasteiger partial charge in [0.15, 0.2) is 5.78 Å². The van der Waals surface area contributed by atoms with Crippen LogP contribution in [0.3, 0.4) is 0 Å². The molecule has 1 aliphatic carbocycles. The number of carbonyl (C=O) groups is 2. The van der Waals surface area contributed by atoms with Crippen LogP contribution in [0, 0.1) is 5.41 Å². The molecule has 0 radical (unpaired) electrons. The van der Waals surface area contributed by atoms with Gasteiger partial charge in [0, 0.05) is 42.6 Å². The molecule has 0 aromatic heterocycles. The first-order valence-electron chi connectivity index (χ1n) is 8.66. The summed E-state index contributed by atoms with van der Waals surface area (Å²) >= 11 is 0. The molecule has 0 bridgehead atoms. The lowest BCUT2D eigenvalue weighted by molar-refractivity contribution is 0.0138. The molecule has 1 aromatic rings. The Morgan fingerprint density at radius 3 is 2.83 bits per heavy atom. The molecule has 1 aliphatic heterocycles. The van der Waals surface area contributed by atoms with Gasteiger partial charge in [-0.1, -0.05) is 12.1 Å². The molecule has 3 rings (SSSR count). The summed E-state index contributed by atoms with van der Waals surface area (Å²) < 4.78 is 0. The van der Waals surface area contributed by atoms with E-state index in [0.717, 1.165) is 24.9 Å². The quantitative estimate of drug-likeness (QED) is 0.911. The number of benzene rings is 1. The van der Waals surface area contributed by atoms with Gasteiger partial charge < -0.3 is 14.9 Å². The minimum absolute atomic E-state index is 0.00201. The Kier molecular flexibility index (Phi) is 4.74. The van der Waals surface area contributed by atoms with E-state index in [2.05, 4.69) is 4.90 Å². The highest BCUT2D eigenvalue weighted by atomic mass is 16.3. The normalized spacial score (nSPS) is 23.7. The Morgan fingerprint density at radius 1 is 1.33 bits per heavy atom. The van der Waals surface area contributed by atoms with Gasteiger partial charge in [-0.3, -0.25) is 9.59 Å². The van der Waals surface area contributed by atoms with Crippen molar-refractivity contribution in [1.29, 1.82) is 0 Å². The van der Waals surface area contributed by atoms with Gasteiger partial charge in [0.2, 0.25) is 0 Å². The number of aliphatic hydroxyl groups excluding tert-OH is 1. The van der Waals surface area contributed by atoms with Gasteiger partial charge in [-0.15, -0.1) is 0 Å². The fourth-order valence-corrected chi connectivity index (χ4v) is 4.22. The minimum atomic E-state index is -0.259. The molecular weight excluding hydrogens is 304 g/mol. The van der Waals surface area contributed by atoms with Crippen LogP contribution in [0.5, 0.6) is 0 Å². The Bertz CT molecular complexity index is 656. The number of fused-ring (bicyclic) bond motifs is 1. The van der Waals surface area contributed by atoms with Crippen molar-refractivity contribution in [3.63, 3.8) is 0 Å². The molecule has 0 unspecified atom stereocenters. The van der Waals surface area contributed by atoms with Crippen LogP contribution in [0.1, 0.15) is 45.5 Å². The molecule has 1 fully saturated rings. The summed E-state index contributed by atoms with van der Waals surface area (Å²) in [6.07, 6.45) is 2.98. The number of aliphatic hydroxyl groups is 1. The van der Waals surface area contributed by atoms with Crippen molar-refractivity contribution in [1.82, 2.24) is 9.80 Å². The zero-order chi connectivity index (χ0) is 17.3. The van der Waals surface area contributed by atoms with Gasteiger partial charge >= 0.3 is 0 Å². The van der Waals surface area contributed by atoms with Gasteiger partial charge in [0.05, 0.1) is 6.61 Å². The number of amides is 1. The fourth-order valence-electron chi connectivity index (χ4n) is 4.22. The fraction of sp³-hybridized carbons (Fsp3) is 0.579. The first-order chi connectivity index (χ1) is 11.5. The SMILES string of the molecule is CN(C)C[C@]1(CO)CCCN(C(=O)c2cccc3c2CCC3=O)C1. The highest BCUT2D eigenvalue weighted by molar-refractivity contribution is 6.05. The maximum atomic E-state index is 13.1. The van der Waals surface area contributed by atoms with Gasteiger partial charge in [-0.25, -0.2) is 0 Å². The molecule has 1 saturated heterocycles. The number of hydrogen-bond acceptors (Lipinski definition) is 4. The summed E-state index contributed by atoms with van der Waals surface area (Å²) in [6, 6.07) is 5.46. The van der Waals surface area contributed by atoms with Crippen LogP contribution in [0.4, 0.5) is 0 Å². The summed E-state index contributed by atoms with van der Waals surface area (Å²) in [5.74, 6) is 0.133. The van der Waals surface area contributed by atoms with E-state index in [1.165, 1.54) is 0 Å². The van der Waals surface area contributed by atoms with Crippen molar-refractivity contribution in [2.75, 3.05) is 40.3 Å². The number of hydrogen-bond donors (Lipinski definition) is 1. The molecule has 0 spiro atoms. The van der Waals surface area contributed by atoms with Crippen molar-refractivity contribution in [2.24, 2.45) is 5.41 Å². The van der Waals surface area contributed by atoms with Crippen molar-refractivity contribution < 1.29 is 14.7 Å². The van der Waals surface area contributed by atoms with E-state index in [0.29, 0.717) is 37.1 Å². The highest BCUT2D eigenvalue weighted by Crippen LogP contribution is 2.32. The van der Waals surface area contributed by atoms with E-state index in [-0.39, 0.29) is 23.7 Å². The van der Waals surface area contributed by atoms with E-state index in [4.69, 9.17) is 0 Å². The van der Waals surface area contributed by atoms with Gasteiger partial charge in [-0.2, -0.15) is 0 Å². The molecule has 5 nitrogen and oxygen atoms in total. The van der Waals surface area contributed by atoms with Crippen LogP contribution in [0.15, 0.2) is 18.2 Å². The molecule has 1 heterocycles. The number of piperidine rings is 1. The molecule has 24 heavy (non-hydrogen) atoms. The molecule has 1 amide bonds. The summed E-state index contributed by atoms with van der Waals surface area (Å²) in [6.45, 7) is 2.13. The highest BCUT2D eigenvalue weighted by Gasteiger charge is 2.38. The van der Waals surface area contributed by atoms with Gasteiger partial charge in [0.1, 0.15) is 0 Å². The lowest BCUT2D eigenvalue weighted by atomic mass is 9.80. The smallest absolute Gasteiger partial charge is 0.254 e. The maximum Gasteiger partial charge on any atom is 0.254 e. The minimum Gasteiger partial charge on any atom is -0.396 e. The third-order valence-corrected chi connectivity index (χ3v) is 5.24. The van der Waals surface area contributed by atoms with E-state index < -0.39 is 0 Å². The summed E-state index contributed by atoms with van der Waals surface area (Å²) in [5, 5.41) is 9.94. The Labute approximate surface area is 143 Å². The molecule has 130 valence electrons. The first-order valence-corrected chi connectivity index (χ1v) is 8.66. The van der Waals surface area contributed by atoms with E-state index in [1.807, 2.05) is 31.1 Å². The van der Waals surface area contributed by atoms with E-state index >= 15 is 0 Å². The van der Waals surface area contributed by atoms with Crippen molar-refractivity contribution >= 4 is 11.7 Å². The summed E-state index contributed by atoms with van der Waals surface area (Å²) in [5.41, 5.74) is 2.02. The van der Waals surface area contributed by atoms with Crippen LogP contribution < -0.4 is 0 Å². The lowest BCUT2D eigenvalue weighted by Crippen LogP contribution is -2.52. The van der Waals surface area contributed by atoms with Crippen molar-refractivity contribution in [3.05, 3.63) is 34.9 Å². The first kappa shape index (κ1) is 17.1. The maximum absolute atomic E-state index is 13.1. The predicted octanol–water partition coefficient (Wildman–Crippen LogP) is 1.59. The number of likely N-dealkylation sites (tertiary alicyclic amines) is 1. The zero-order valence-electron chi connectivity index (χ0n) is 14.5. The van der Waals surface area contributed by atoms with Crippen LogP contribution in [-0.4, -0.2) is 66.9 Å². The number of rotatable bonds is 4. The van der Waals surface area contributed by atoms with Crippen LogP contribution >= 0.6 is 0 Å². The number of carbonyl (C=O) groups excluding carboxylic acids is 2. The average molecular weight is 330 g/mol. The monoisotopic (exact) mass is 330 g/mol. The number of nitrogens with zero attached hydrogens (tertiary/aromatic N) is 2. The molecule has 2 aliphatic rings. The van der Waals surface area contributed by atoms with E-state index in [9.17, 15) is 14.7 Å². The largest absolute Gasteiger partial charge is 0.396 e. The Balaban J connectivity index is 1.84. The second-order valence-electron chi connectivity index (χ2n) is 7.48. The van der Waals surface area contributed by atoms with Crippen molar-refractivity contribution in [2.45, 2.75) is 25.7 Å².